The highest BCUT2D eigenvalue weighted by Crippen LogP contribution is 2.24. The molecule has 0 spiro atoms. The molecule has 0 aliphatic carbocycles. The molecule has 0 bridgehead atoms. The zero-order valence-electron chi connectivity index (χ0n) is 14.6. The largest absolute Gasteiger partial charge is 0.507 e. The zero-order chi connectivity index (χ0) is 18.5. The molecule has 1 N–H and O–H groups in total. The van der Waals surface area contributed by atoms with Crippen molar-refractivity contribution in [3.05, 3.63) is 88.7 Å². The van der Waals surface area contributed by atoms with Gasteiger partial charge >= 0.3 is 0 Å². The fourth-order valence-corrected chi connectivity index (χ4v) is 3.28. The van der Waals surface area contributed by atoms with Crippen molar-refractivity contribution in [3.63, 3.8) is 0 Å². The Morgan fingerprint density at radius 3 is 2.23 bits per heavy atom. The van der Waals surface area contributed by atoms with Crippen molar-refractivity contribution in [2.75, 3.05) is 0 Å². The van der Waals surface area contributed by atoms with Gasteiger partial charge in [-0.2, -0.15) is 0 Å². The second-order valence-electron chi connectivity index (χ2n) is 6.02. The molecule has 0 fully saturated rings. The van der Waals surface area contributed by atoms with Gasteiger partial charge in [0.15, 0.2) is 0 Å². The van der Waals surface area contributed by atoms with Gasteiger partial charge in [-0.05, 0) is 78.2 Å². The van der Waals surface area contributed by atoms with Crippen LogP contribution in [0, 0.1) is 13.8 Å². The predicted molar refractivity (Wildman–Crippen MR) is 107 cm³/mol. The molecule has 2 aromatic carbocycles. The smallest absolute Gasteiger partial charge is 0.242 e. The van der Waals surface area contributed by atoms with E-state index < -0.39 is 0 Å². The van der Waals surface area contributed by atoms with Gasteiger partial charge in [-0.1, -0.05) is 36.4 Å². The van der Waals surface area contributed by atoms with Crippen molar-refractivity contribution >= 4 is 29.0 Å². The van der Waals surface area contributed by atoms with Crippen LogP contribution in [0.3, 0.4) is 0 Å². The fraction of sp³-hybridized carbons (Fsp3) is 0.0909. The number of pyridine rings is 1. The molecule has 0 atom stereocenters. The number of aromatic hydroxyl groups is 1. The van der Waals surface area contributed by atoms with Crippen LogP contribution in [-0.4, -0.2) is 15.2 Å². The summed E-state index contributed by atoms with van der Waals surface area (Å²) in [5.41, 5.74) is 4.06. The van der Waals surface area contributed by atoms with Crippen molar-refractivity contribution in [1.29, 1.82) is 0 Å². The van der Waals surface area contributed by atoms with Crippen LogP contribution in [0.25, 0.3) is 12.2 Å². The summed E-state index contributed by atoms with van der Waals surface area (Å²) in [6, 6.07) is 17.0. The second kappa shape index (κ2) is 8.02. The van der Waals surface area contributed by atoms with Crippen LogP contribution in [0.15, 0.2) is 65.7 Å². The van der Waals surface area contributed by atoms with Crippen LogP contribution >= 0.6 is 11.8 Å². The zero-order valence-corrected chi connectivity index (χ0v) is 15.5. The van der Waals surface area contributed by atoms with Crippen molar-refractivity contribution in [1.82, 2.24) is 4.98 Å². The molecular weight excluding hydrogens is 342 g/mol. The number of aryl methyl sites for hydroxylation is 2. The number of nitrogens with zero attached hydrogens (tertiary/aromatic N) is 1. The van der Waals surface area contributed by atoms with Gasteiger partial charge in [0.2, 0.25) is 5.12 Å². The lowest BCUT2D eigenvalue weighted by Gasteiger charge is -2.05. The summed E-state index contributed by atoms with van der Waals surface area (Å²) < 4.78 is 0. The number of phenols is 1. The molecule has 4 heteroatoms. The van der Waals surface area contributed by atoms with E-state index in [9.17, 15) is 9.90 Å². The molecule has 3 nitrogen and oxygen atoms in total. The summed E-state index contributed by atoms with van der Waals surface area (Å²) in [5, 5.41) is 9.76. The van der Waals surface area contributed by atoms with Gasteiger partial charge in [-0.25, -0.2) is 0 Å². The van der Waals surface area contributed by atoms with Gasteiger partial charge in [0.1, 0.15) is 11.4 Å². The lowest BCUT2D eigenvalue weighted by molar-refractivity contribution is 0.108. The van der Waals surface area contributed by atoms with Crippen molar-refractivity contribution in [3.8, 4) is 5.75 Å². The highest BCUT2D eigenvalue weighted by Gasteiger charge is 2.09. The Bertz CT molecular complexity index is 925. The first kappa shape index (κ1) is 18.0. The third-order valence-electron chi connectivity index (χ3n) is 3.93. The Morgan fingerprint density at radius 1 is 0.962 bits per heavy atom. The standard InChI is InChI=1S/C22H19NO2S/c1-15-12-18(13-16(2)21(15)24)9-8-17-10-11-20(23-14-17)22(25)26-19-6-4-3-5-7-19/h3-14,24H,1-2H3/b9-8+. The van der Waals surface area contributed by atoms with Crippen LogP contribution in [0.1, 0.15) is 32.7 Å². The Kier molecular flexibility index (Phi) is 5.54. The van der Waals surface area contributed by atoms with E-state index in [1.165, 1.54) is 11.8 Å². The van der Waals surface area contributed by atoms with Crippen LogP contribution < -0.4 is 0 Å². The van der Waals surface area contributed by atoms with Gasteiger partial charge in [-0.3, -0.25) is 9.78 Å². The Hall–Kier alpha value is -2.85. The Balaban J connectivity index is 1.70. The molecular formula is C22H19NO2S. The Morgan fingerprint density at radius 2 is 1.62 bits per heavy atom. The monoisotopic (exact) mass is 361 g/mol. The topological polar surface area (TPSA) is 50.2 Å². The van der Waals surface area contributed by atoms with Gasteiger partial charge in [0, 0.05) is 11.1 Å². The first-order chi connectivity index (χ1) is 12.5. The van der Waals surface area contributed by atoms with Crippen LogP contribution in [0.5, 0.6) is 5.75 Å². The van der Waals surface area contributed by atoms with Gasteiger partial charge in [-0.15, -0.1) is 0 Å². The summed E-state index contributed by atoms with van der Waals surface area (Å²) in [4.78, 5) is 17.4. The molecule has 0 aliphatic rings. The van der Waals surface area contributed by atoms with E-state index in [-0.39, 0.29) is 5.12 Å². The first-order valence-corrected chi connectivity index (χ1v) is 9.06. The summed E-state index contributed by atoms with van der Waals surface area (Å²) in [5.74, 6) is 0.336. The molecule has 1 heterocycles. The molecule has 130 valence electrons. The number of hydrogen-bond donors (Lipinski definition) is 1. The van der Waals surface area contributed by atoms with E-state index in [4.69, 9.17) is 0 Å². The third-order valence-corrected chi connectivity index (χ3v) is 4.83. The Labute approximate surface area is 157 Å². The molecule has 26 heavy (non-hydrogen) atoms. The van der Waals surface area contributed by atoms with E-state index in [0.717, 1.165) is 27.1 Å². The van der Waals surface area contributed by atoms with Crippen LogP contribution in [-0.2, 0) is 0 Å². The van der Waals surface area contributed by atoms with Crippen molar-refractivity contribution in [2.45, 2.75) is 18.7 Å². The van der Waals surface area contributed by atoms with E-state index in [1.807, 2.05) is 74.5 Å². The van der Waals surface area contributed by atoms with E-state index in [0.29, 0.717) is 11.4 Å². The number of benzene rings is 2. The minimum Gasteiger partial charge on any atom is -0.507 e. The van der Waals surface area contributed by atoms with Crippen molar-refractivity contribution in [2.24, 2.45) is 0 Å². The van der Waals surface area contributed by atoms with E-state index in [2.05, 4.69) is 4.98 Å². The summed E-state index contributed by atoms with van der Waals surface area (Å²) in [6.07, 6.45) is 5.60. The number of phenolic OH excluding ortho intramolecular Hbond substituents is 1. The molecule has 1 aromatic heterocycles. The number of rotatable bonds is 4. The van der Waals surface area contributed by atoms with Gasteiger partial charge in [0.05, 0.1) is 0 Å². The molecule has 0 amide bonds. The summed E-state index contributed by atoms with van der Waals surface area (Å²) >= 11 is 1.17. The van der Waals surface area contributed by atoms with Crippen molar-refractivity contribution < 1.29 is 9.90 Å². The maximum atomic E-state index is 12.3. The number of carbonyl (C=O) groups is 1. The number of carbonyl (C=O) groups excluding carboxylic acids is 1. The molecule has 0 saturated carbocycles. The maximum absolute atomic E-state index is 12.3. The van der Waals surface area contributed by atoms with E-state index >= 15 is 0 Å². The maximum Gasteiger partial charge on any atom is 0.242 e. The number of aromatic nitrogens is 1. The van der Waals surface area contributed by atoms with Crippen LogP contribution in [0.4, 0.5) is 0 Å². The highest BCUT2D eigenvalue weighted by atomic mass is 32.2. The SMILES string of the molecule is Cc1cc(/C=C/c2ccc(C(=O)Sc3ccccc3)nc2)cc(C)c1O. The first-order valence-electron chi connectivity index (χ1n) is 8.24. The molecule has 0 radical (unpaired) electrons. The lowest BCUT2D eigenvalue weighted by Crippen LogP contribution is -1.96. The second-order valence-corrected chi connectivity index (χ2v) is 7.06. The summed E-state index contributed by atoms with van der Waals surface area (Å²) in [6.45, 7) is 3.76. The molecule has 3 aromatic rings. The minimum atomic E-state index is -0.0727. The molecule has 0 unspecified atom stereocenters. The molecule has 0 aliphatic heterocycles. The number of hydrogen-bond acceptors (Lipinski definition) is 4. The molecule has 3 rings (SSSR count). The molecule has 0 saturated heterocycles. The van der Waals surface area contributed by atoms with Crippen LogP contribution in [0.2, 0.25) is 0 Å². The third kappa shape index (κ3) is 4.41. The highest BCUT2D eigenvalue weighted by molar-refractivity contribution is 8.14. The fourth-order valence-electron chi connectivity index (χ4n) is 2.55. The average Bonchev–Trinajstić information content (AvgIpc) is 2.65. The lowest BCUT2D eigenvalue weighted by atomic mass is 10.0. The summed E-state index contributed by atoms with van der Waals surface area (Å²) in [7, 11) is 0. The van der Waals surface area contributed by atoms with E-state index in [1.54, 1.807) is 12.3 Å². The normalized spacial score (nSPS) is 11.0. The average molecular weight is 361 g/mol. The predicted octanol–water partition coefficient (Wildman–Crippen LogP) is 5.51. The van der Waals surface area contributed by atoms with Gasteiger partial charge < -0.3 is 5.11 Å². The quantitative estimate of drug-likeness (QED) is 0.623. The van der Waals surface area contributed by atoms with Gasteiger partial charge in [0.25, 0.3) is 0 Å². The number of thioether (sulfide) groups is 1. The minimum absolute atomic E-state index is 0.0727.